The number of benzene rings is 4. The summed E-state index contributed by atoms with van der Waals surface area (Å²) in [4.78, 5) is 51.1. The molecule has 242 valence electrons. The fraction of sp³-hybridized carbons (Fsp3) is 0.143. The lowest BCUT2D eigenvalue weighted by molar-refractivity contribution is -0.115. The molecular formula is C35H33N3O8S. The fourth-order valence-electron chi connectivity index (χ4n) is 4.31. The zero-order valence-electron chi connectivity index (χ0n) is 26.0. The predicted molar refractivity (Wildman–Crippen MR) is 180 cm³/mol. The molecule has 1 atom stereocenters. The number of carboxylic acid groups (broad SMARTS) is 1. The normalized spacial score (nSPS) is 11.5. The number of thioether (sulfide) groups is 1. The monoisotopic (exact) mass is 655 g/mol. The van der Waals surface area contributed by atoms with Crippen molar-refractivity contribution >= 4 is 52.9 Å². The van der Waals surface area contributed by atoms with Gasteiger partial charge in [0.15, 0.2) is 11.5 Å². The van der Waals surface area contributed by atoms with Crippen LogP contribution >= 0.6 is 11.8 Å². The van der Waals surface area contributed by atoms with E-state index in [1.807, 2.05) is 0 Å². The van der Waals surface area contributed by atoms with Gasteiger partial charge in [-0.3, -0.25) is 14.4 Å². The number of nitrogens with one attached hydrogen (secondary N) is 3. The lowest BCUT2D eigenvalue weighted by atomic mass is 10.1. The van der Waals surface area contributed by atoms with Gasteiger partial charge in [-0.15, -0.1) is 11.8 Å². The number of carbonyl (C=O) groups excluding carboxylic acids is 3. The predicted octanol–water partition coefficient (Wildman–Crippen LogP) is 5.94. The number of hydrogen-bond donors (Lipinski definition) is 4. The van der Waals surface area contributed by atoms with Crippen molar-refractivity contribution < 1.29 is 38.5 Å². The molecule has 4 N–H and O–H groups in total. The molecule has 11 nitrogen and oxygen atoms in total. The first-order chi connectivity index (χ1) is 22.6. The summed E-state index contributed by atoms with van der Waals surface area (Å²) in [5.41, 5.74) is 1.91. The highest BCUT2D eigenvalue weighted by Crippen LogP contribution is 2.38. The van der Waals surface area contributed by atoms with Crippen molar-refractivity contribution in [3.8, 4) is 17.2 Å². The van der Waals surface area contributed by atoms with Gasteiger partial charge in [-0.05, 0) is 91.4 Å². The number of anilines is 2. The van der Waals surface area contributed by atoms with Crippen LogP contribution < -0.4 is 30.2 Å². The summed E-state index contributed by atoms with van der Waals surface area (Å²) in [7, 11) is 4.44. The molecule has 12 heteroatoms. The van der Waals surface area contributed by atoms with E-state index in [0.717, 1.165) is 4.90 Å². The van der Waals surface area contributed by atoms with Crippen molar-refractivity contribution in [3.63, 3.8) is 0 Å². The number of carboxylic acids is 1. The molecule has 0 radical (unpaired) electrons. The highest BCUT2D eigenvalue weighted by molar-refractivity contribution is 8.00. The van der Waals surface area contributed by atoms with Gasteiger partial charge >= 0.3 is 5.97 Å². The topological polar surface area (TPSA) is 152 Å². The largest absolute Gasteiger partial charge is 0.493 e. The Morgan fingerprint density at radius 1 is 0.745 bits per heavy atom. The average molecular weight is 656 g/mol. The van der Waals surface area contributed by atoms with Gasteiger partial charge in [0.25, 0.3) is 11.8 Å². The average Bonchev–Trinajstić information content (AvgIpc) is 3.08. The van der Waals surface area contributed by atoms with Crippen LogP contribution in [-0.2, 0) is 9.59 Å². The highest BCUT2D eigenvalue weighted by Gasteiger charge is 2.19. The van der Waals surface area contributed by atoms with Gasteiger partial charge in [-0.1, -0.05) is 18.2 Å². The second-order valence-electron chi connectivity index (χ2n) is 9.95. The summed E-state index contributed by atoms with van der Waals surface area (Å²) in [6, 6.07) is 24.6. The molecule has 0 heterocycles. The Hall–Kier alpha value is -5.75. The summed E-state index contributed by atoms with van der Waals surface area (Å²) in [5, 5.41) is 16.9. The molecule has 4 rings (SSSR count). The molecule has 0 aliphatic carbocycles. The summed E-state index contributed by atoms with van der Waals surface area (Å²) >= 11 is 1.31. The van der Waals surface area contributed by atoms with Crippen LogP contribution in [0.25, 0.3) is 6.08 Å². The number of methoxy groups -OCH3 is 3. The Kier molecular flexibility index (Phi) is 11.6. The third-order valence-electron chi connectivity index (χ3n) is 6.72. The van der Waals surface area contributed by atoms with E-state index < -0.39 is 23.0 Å². The number of carbonyl (C=O) groups is 4. The van der Waals surface area contributed by atoms with Crippen molar-refractivity contribution in [1.29, 1.82) is 0 Å². The molecule has 0 bridgehead atoms. The fourth-order valence-corrected chi connectivity index (χ4v) is 5.17. The molecule has 3 amide bonds. The van der Waals surface area contributed by atoms with Gasteiger partial charge in [0.2, 0.25) is 11.7 Å². The molecular weight excluding hydrogens is 622 g/mol. The van der Waals surface area contributed by atoms with Gasteiger partial charge in [0, 0.05) is 21.8 Å². The lowest BCUT2D eigenvalue weighted by Gasteiger charge is -2.15. The Morgan fingerprint density at radius 3 is 1.87 bits per heavy atom. The summed E-state index contributed by atoms with van der Waals surface area (Å²) < 4.78 is 16.3. The minimum absolute atomic E-state index is 0.0340. The molecule has 1 unspecified atom stereocenters. The number of amides is 3. The minimum Gasteiger partial charge on any atom is -0.493 e. The van der Waals surface area contributed by atoms with Gasteiger partial charge in [-0.25, -0.2) is 4.79 Å². The van der Waals surface area contributed by atoms with Crippen molar-refractivity contribution in [2.24, 2.45) is 0 Å². The number of ether oxygens (including phenoxy) is 3. The van der Waals surface area contributed by atoms with Crippen LogP contribution in [-0.4, -0.2) is 55.4 Å². The first-order valence-corrected chi connectivity index (χ1v) is 15.1. The molecule has 0 aliphatic heterocycles. The van der Waals surface area contributed by atoms with E-state index in [9.17, 15) is 19.2 Å². The third-order valence-corrected chi connectivity index (χ3v) is 7.83. The molecule has 4 aromatic rings. The molecule has 47 heavy (non-hydrogen) atoms. The Bertz CT molecular complexity index is 1750. The van der Waals surface area contributed by atoms with Gasteiger partial charge in [0.05, 0.1) is 32.1 Å². The number of rotatable bonds is 13. The first-order valence-electron chi connectivity index (χ1n) is 14.2. The van der Waals surface area contributed by atoms with E-state index in [4.69, 9.17) is 19.3 Å². The van der Waals surface area contributed by atoms with E-state index in [-0.39, 0.29) is 17.2 Å². The Balaban J connectivity index is 1.49. The summed E-state index contributed by atoms with van der Waals surface area (Å²) in [5.74, 6) is -1.23. The van der Waals surface area contributed by atoms with Crippen LogP contribution in [0, 0.1) is 0 Å². The maximum absolute atomic E-state index is 13.5. The SMILES string of the molecule is COc1cc(/C=C(\NC(=O)c2ccccc2)C(=O)Nc2ccc(SC(C)C(=O)Nc3ccc(C(=O)O)cc3)cc2)cc(OC)c1OC. The van der Waals surface area contributed by atoms with E-state index >= 15 is 0 Å². The third kappa shape index (κ3) is 9.14. The molecule has 0 saturated heterocycles. The zero-order chi connectivity index (χ0) is 33.9. The summed E-state index contributed by atoms with van der Waals surface area (Å²) in [6.07, 6.45) is 1.50. The van der Waals surface area contributed by atoms with E-state index in [2.05, 4.69) is 16.0 Å². The van der Waals surface area contributed by atoms with Crippen LogP contribution in [0.3, 0.4) is 0 Å². The van der Waals surface area contributed by atoms with Gasteiger partial charge in [-0.2, -0.15) is 0 Å². The standard InChI is InChI=1S/C35H33N3O8S/c1-21(32(39)36-25-12-10-24(11-13-25)35(42)43)47-27-16-14-26(15-17-27)37-34(41)28(38-33(40)23-8-6-5-7-9-23)18-22-19-29(44-2)31(46-4)30(20-22)45-3/h5-21H,1-4H3,(H,36,39)(H,37,41)(H,38,40)(H,42,43)/b28-18-. The second-order valence-corrected chi connectivity index (χ2v) is 11.4. The molecule has 0 fully saturated rings. The van der Waals surface area contributed by atoms with Crippen molar-refractivity contribution in [1.82, 2.24) is 5.32 Å². The van der Waals surface area contributed by atoms with Crippen LogP contribution in [0.4, 0.5) is 11.4 Å². The van der Waals surface area contributed by atoms with Crippen molar-refractivity contribution in [3.05, 3.63) is 113 Å². The van der Waals surface area contributed by atoms with E-state index in [1.165, 1.54) is 63.4 Å². The molecule has 0 spiro atoms. The molecule has 0 aromatic heterocycles. The maximum Gasteiger partial charge on any atom is 0.335 e. The highest BCUT2D eigenvalue weighted by atomic mass is 32.2. The summed E-state index contributed by atoms with van der Waals surface area (Å²) in [6.45, 7) is 1.75. The van der Waals surface area contributed by atoms with Crippen molar-refractivity contribution in [2.75, 3.05) is 32.0 Å². The lowest BCUT2D eigenvalue weighted by Crippen LogP contribution is -2.30. The van der Waals surface area contributed by atoms with Crippen LogP contribution in [0.1, 0.15) is 33.2 Å². The zero-order valence-corrected chi connectivity index (χ0v) is 26.8. The molecule has 0 saturated carbocycles. The smallest absolute Gasteiger partial charge is 0.335 e. The number of hydrogen-bond acceptors (Lipinski definition) is 8. The van der Waals surface area contributed by atoms with Gasteiger partial charge < -0.3 is 35.3 Å². The molecule has 0 aliphatic rings. The van der Waals surface area contributed by atoms with E-state index in [0.29, 0.717) is 39.8 Å². The second kappa shape index (κ2) is 16.0. The molecule has 4 aromatic carbocycles. The Labute approximate surface area is 275 Å². The van der Waals surface area contributed by atoms with Gasteiger partial charge in [0.1, 0.15) is 5.70 Å². The maximum atomic E-state index is 13.5. The Morgan fingerprint density at radius 2 is 1.32 bits per heavy atom. The number of aromatic carboxylic acids is 1. The van der Waals surface area contributed by atoms with E-state index in [1.54, 1.807) is 73.7 Å². The van der Waals surface area contributed by atoms with Crippen molar-refractivity contribution in [2.45, 2.75) is 17.1 Å². The first kappa shape index (κ1) is 34.1. The quantitative estimate of drug-likeness (QED) is 0.101. The minimum atomic E-state index is -1.05. The van der Waals surface area contributed by atoms with Crippen LogP contribution in [0.2, 0.25) is 0 Å². The van der Waals surface area contributed by atoms with Crippen LogP contribution in [0.5, 0.6) is 17.2 Å². The van der Waals surface area contributed by atoms with Crippen LogP contribution in [0.15, 0.2) is 102 Å².